The fraction of sp³-hybridized carbons (Fsp3) is 0.520. The Morgan fingerprint density at radius 3 is 2.62 bits per heavy atom. The number of halogens is 1. The molecule has 1 aliphatic carbocycles. The maximum atomic E-state index is 12.7. The number of likely N-dealkylation sites (tertiary alicyclic amines) is 1. The van der Waals surface area contributed by atoms with E-state index in [0.717, 1.165) is 27.6 Å². The Bertz CT molecular complexity index is 954. The molecule has 2 amide bonds. The summed E-state index contributed by atoms with van der Waals surface area (Å²) in [5.41, 5.74) is 3.50. The fourth-order valence-corrected chi connectivity index (χ4v) is 5.52. The molecule has 1 fully saturated rings. The van der Waals surface area contributed by atoms with Gasteiger partial charge in [0.2, 0.25) is 11.8 Å². The van der Waals surface area contributed by atoms with Crippen LogP contribution in [0.15, 0.2) is 39.4 Å². The highest BCUT2D eigenvalue weighted by Gasteiger charge is 2.53. The molecule has 0 spiro atoms. The fourth-order valence-electron chi connectivity index (χ4n) is 5.15. The Morgan fingerprint density at radius 2 is 2.00 bits per heavy atom. The van der Waals surface area contributed by atoms with Gasteiger partial charge in [-0.15, -0.1) is 0 Å². The molecule has 1 aromatic carbocycles. The van der Waals surface area contributed by atoms with E-state index in [1.165, 1.54) is 11.9 Å². The lowest BCUT2D eigenvalue weighted by Gasteiger charge is -2.36. The van der Waals surface area contributed by atoms with Gasteiger partial charge < -0.3 is 15.3 Å². The lowest BCUT2D eigenvalue weighted by Crippen LogP contribution is -2.39. The minimum absolute atomic E-state index is 0.192. The molecule has 1 heterocycles. The van der Waals surface area contributed by atoms with Crippen molar-refractivity contribution < 1.29 is 24.9 Å². The molecule has 2 aliphatic rings. The molecule has 32 heavy (non-hydrogen) atoms. The molecule has 0 radical (unpaired) electrons. The normalized spacial score (nSPS) is 24.9. The first-order valence-electron chi connectivity index (χ1n) is 11.2. The largest absolute Gasteiger partial charge is 0.507 e. The van der Waals surface area contributed by atoms with Crippen LogP contribution in [0.25, 0.3) is 6.08 Å². The van der Waals surface area contributed by atoms with E-state index in [4.69, 9.17) is 0 Å². The molecule has 0 saturated carbocycles. The number of imide groups is 1. The molecular formula is C25H32BrNO5. The Morgan fingerprint density at radius 1 is 1.28 bits per heavy atom. The third kappa shape index (κ3) is 4.70. The van der Waals surface area contributed by atoms with Crippen LogP contribution < -0.4 is 0 Å². The summed E-state index contributed by atoms with van der Waals surface area (Å²) in [6.45, 7) is 3.74. The molecule has 0 unspecified atom stereocenters. The van der Waals surface area contributed by atoms with Gasteiger partial charge in [0.25, 0.3) is 0 Å². The number of aromatic hydroxyl groups is 1. The number of hydrogen-bond acceptors (Lipinski definition) is 5. The van der Waals surface area contributed by atoms with Crippen molar-refractivity contribution in [1.82, 2.24) is 4.90 Å². The van der Waals surface area contributed by atoms with Crippen LogP contribution in [0.1, 0.15) is 51.5 Å². The number of nitrogens with zero attached hydrogens (tertiary/aromatic N) is 1. The summed E-state index contributed by atoms with van der Waals surface area (Å²) in [4.78, 5) is 26.4. The topological polar surface area (TPSA) is 98.1 Å². The number of aliphatic hydroxyl groups is 2. The molecule has 3 rings (SSSR count). The zero-order chi connectivity index (χ0) is 23.6. The lowest BCUT2D eigenvalue weighted by molar-refractivity contribution is -0.138. The monoisotopic (exact) mass is 505 g/mol. The van der Waals surface area contributed by atoms with Crippen molar-refractivity contribution in [3.05, 3.63) is 45.0 Å². The summed E-state index contributed by atoms with van der Waals surface area (Å²) in [6, 6.07) is 5.26. The quantitative estimate of drug-likeness (QED) is 0.365. The number of fused-ring (bicyclic) bond motifs is 1. The molecule has 3 N–H and O–H groups in total. The van der Waals surface area contributed by atoms with Crippen molar-refractivity contribution in [2.24, 2.45) is 17.8 Å². The molecule has 1 aromatic rings. The molecule has 4 atom stereocenters. The lowest BCUT2D eigenvalue weighted by atomic mass is 9.67. The first-order chi connectivity index (χ1) is 15.2. The van der Waals surface area contributed by atoms with Crippen molar-refractivity contribution in [3.63, 3.8) is 0 Å². The number of benzene rings is 1. The highest BCUT2D eigenvalue weighted by atomic mass is 79.9. The summed E-state index contributed by atoms with van der Waals surface area (Å²) in [5, 5.41) is 31.5. The van der Waals surface area contributed by atoms with E-state index in [2.05, 4.69) is 15.9 Å². The number of aliphatic hydroxyl groups excluding tert-OH is 2. The zero-order valence-electron chi connectivity index (χ0n) is 18.8. The van der Waals surface area contributed by atoms with E-state index in [0.29, 0.717) is 31.2 Å². The van der Waals surface area contributed by atoms with Crippen LogP contribution in [0.2, 0.25) is 0 Å². The minimum atomic E-state index is -0.803. The van der Waals surface area contributed by atoms with Crippen LogP contribution in [0, 0.1) is 17.8 Å². The van der Waals surface area contributed by atoms with Crippen LogP contribution in [-0.2, 0) is 9.59 Å². The Balaban J connectivity index is 1.83. The molecule has 1 saturated heterocycles. The summed E-state index contributed by atoms with van der Waals surface area (Å²) in [7, 11) is 1.49. The summed E-state index contributed by atoms with van der Waals surface area (Å²) in [5.74, 6) is -1.84. The predicted molar refractivity (Wildman–Crippen MR) is 127 cm³/mol. The number of allylic oxidation sites excluding steroid dienone is 2. The number of hydrogen-bond donors (Lipinski definition) is 3. The van der Waals surface area contributed by atoms with Gasteiger partial charge in [0, 0.05) is 23.0 Å². The summed E-state index contributed by atoms with van der Waals surface area (Å²) in [6.07, 6.45) is 4.09. The van der Waals surface area contributed by atoms with Gasteiger partial charge in [0.1, 0.15) is 5.75 Å². The van der Waals surface area contributed by atoms with Crippen molar-refractivity contribution in [2.45, 2.75) is 52.1 Å². The van der Waals surface area contributed by atoms with E-state index < -0.39 is 23.9 Å². The van der Waals surface area contributed by atoms with Crippen molar-refractivity contribution in [1.29, 1.82) is 0 Å². The number of phenolic OH excluding ortho intramolecular Hbond substituents is 1. The minimum Gasteiger partial charge on any atom is -0.507 e. The molecule has 7 heteroatoms. The number of rotatable bonds is 8. The van der Waals surface area contributed by atoms with E-state index in [1.807, 2.05) is 26.0 Å². The van der Waals surface area contributed by atoms with Gasteiger partial charge in [-0.05, 0) is 55.9 Å². The van der Waals surface area contributed by atoms with Gasteiger partial charge >= 0.3 is 0 Å². The second-order valence-electron chi connectivity index (χ2n) is 8.69. The average molecular weight is 506 g/mol. The predicted octanol–water partition coefficient (Wildman–Crippen LogP) is 4.04. The van der Waals surface area contributed by atoms with Gasteiger partial charge in [-0.25, -0.2) is 0 Å². The third-order valence-corrected chi connectivity index (χ3v) is 7.42. The average Bonchev–Trinajstić information content (AvgIpc) is 3.00. The van der Waals surface area contributed by atoms with Crippen LogP contribution in [0.5, 0.6) is 5.75 Å². The molecule has 0 bridgehead atoms. The Hall–Kier alpha value is -1.96. The SMILES string of the molecule is CCC1=C([C@H](O)CC/C(=C/c2cc(Br)ccc2O)CC)[C@H](CO)[C@@H]2C(=O)N(C)C(=O)[C@@H]2C1. The van der Waals surface area contributed by atoms with E-state index >= 15 is 0 Å². The number of carbonyl (C=O) groups is 2. The highest BCUT2D eigenvalue weighted by Crippen LogP contribution is 2.46. The van der Waals surface area contributed by atoms with Crippen LogP contribution in [0.3, 0.4) is 0 Å². The van der Waals surface area contributed by atoms with Gasteiger partial charge in [0.05, 0.1) is 24.5 Å². The first-order valence-corrected chi connectivity index (χ1v) is 12.0. The van der Waals surface area contributed by atoms with Crippen LogP contribution >= 0.6 is 15.9 Å². The zero-order valence-corrected chi connectivity index (χ0v) is 20.4. The molecular weight excluding hydrogens is 474 g/mol. The molecule has 6 nitrogen and oxygen atoms in total. The van der Waals surface area contributed by atoms with Gasteiger partial charge in [0.15, 0.2) is 0 Å². The van der Waals surface area contributed by atoms with Crippen molar-refractivity contribution >= 4 is 33.8 Å². The first kappa shape index (κ1) is 24.7. The molecule has 0 aromatic heterocycles. The Kier molecular flexibility index (Phi) is 7.96. The van der Waals surface area contributed by atoms with E-state index in [9.17, 15) is 24.9 Å². The highest BCUT2D eigenvalue weighted by molar-refractivity contribution is 9.10. The second-order valence-corrected chi connectivity index (χ2v) is 9.60. The standard InChI is InChI=1S/C25H32BrNO5/c1-4-14(10-16-11-17(26)7-9-20(16)29)6-8-21(30)22-15(5-2)12-18-23(19(22)13-28)25(32)27(3)24(18)31/h7,9-11,18-19,21,23,28-30H,4-6,8,12-13H2,1-3H3/b14-10+/t18-,19+,21-,23-/m1/s1. The maximum Gasteiger partial charge on any atom is 0.233 e. The van der Waals surface area contributed by atoms with Crippen LogP contribution in [-0.4, -0.2) is 51.8 Å². The molecule has 1 aliphatic heterocycles. The van der Waals surface area contributed by atoms with Crippen molar-refractivity contribution in [2.75, 3.05) is 13.7 Å². The maximum absolute atomic E-state index is 12.7. The number of carbonyl (C=O) groups excluding carboxylic acids is 2. The Labute approximate surface area is 197 Å². The van der Waals surface area contributed by atoms with Gasteiger partial charge in [-0.3, -0.25) is 14.5 Å². The summed E-state index contributed by atoms with van der Waals surface area (Å²) < 4.78 is 0.873. The summed E-state index contributed by atoms with van der Waals surface area (Å²) >= 11 is 3.42. The van der Waals surface area contributed by atoms with E-state index in [1.54, 1.807) is 12.1 Å². The number of amides is 2. The number of phenols is 1. The van der Waals surface area contributed by atoms with E-state index in [-0.39, 0.29) is 24.2 Å². The van der Waals surface area contributed by atoms with Gasteiger partial charge in [-0.1, -0.05) is 47.0 Å². The third-order valence-electron chi connectivity index (χ3n) is 6.93. The van der Waals surface area contributed by atoms with Gasteiger partial charge in [-0.2, -0.15) is 0 Å². The molecule has 174 valence electrons. The van der Waals surface area contributed by atoms with Crippen LogP contribution in [0.4, 0.5) is 0 Å². The second kappa shape index (κ2) is 10.3. The smallest absolute Gasteiger partial charge is 0.233 e. The van der Waals surface area contributed by atoms with Crippen molar-refractivity contribution in [3.8, 4) is 5.75 Å².